The first-order valence-electron chi connectivity index (χ1n) is 4.36. The molecule has 0 amide bonds. The van der Waals surface area contributed by atoms with Crippen molar-refractivity contribution in [2.45, 2.75) is 45.4 Å². The quantitative estimate of drug-likeness (QED) is 0.627. The summed E-state index contributed by atoms with van der Waals surface area (Å²) in [4.78, 5) is 11.4. The lowest BCUT2D eigenvalue weighted by Crippen LogP contribution is -2.46. The van der Waals surface area contributed by atoms with Crippen LogP contribution in [0.15, 0.2) is 0 Å². The van der Waals surface area contributed by atoms with Crippen LogP contribution >= 0.6 is 0 Å². The van der Waals surface area contributed by atoms with Crippen molar-refractivity contribution in [1.29, 1.82) is 0 Å². The van der Waals surface area contributed by atoms with Gasteiger partial charge in [0.05, 0.1) is 6.10 Å². The molecule has 0 aromatic rings. The van der Waals surface area contributed by atoms with Crippen LogP contribution in [0.25, 0.3) is 0 Å². The average molecular weight is 189 g/mol. The van der Waals surface area contributed by atoms with Crippen LogP contribution in [-0.4, -0.2) is 35.9 Å². The SMILES string of the molecule is CNC(C(=O)OC(C)(C)C)C(C)O. The maximum atomic E-state index is 11.4. The van der Waals surface area contributed by atoms with Gasteiger partial charge in [0, 0.05) is 0 Å². The Morgan fingerprint density at radius 2 is 1.92 bits per heavy atom. The number of likely N-dealkylation sites (N-methyl/N-ethyl adjacent to an activating group) is 1. The van der Waals surface area contributed by atoms with Crippen molar-refractivity contribution in [3.05, 3.63) is 0 Å². The minimum Gasteiger partial charge on any atom is -0.459 e. The molecule has 0 aromatic heterocycles. The van der Waals surface area contributed by atoms with E-state index in [0.29, 0.717) is 0 Å². The van der Waals surface area contributed by atoms with Crippen molar-refractivity contribution in [1.82, 2.24) is 5.32 Å². The zero-order chi connectivity index (χ0) is 10.6. The van der Waals surface area contributed by atoms with Gasteiger partial charge in [0.25, 0.3) is 0 Å². The van der Waals surface area contributed by atoms with Crippen LogP contribution in [0.3, 0.4) is 0 Å². The van der Waals surface area contributed by atoms with Gasteiger partial charge in [0.2, 0.25) is 0 Å². The number of esters is 1. The predicted molar refractivity (Wildman–Crippen MR) is 50.4 cm³/mol. The van der Waals surface area contributed by atoms with E-state index in [1.54, 1.807) is 34.7 Å². The van der Waals surface area contributed by atoms with Crippen LogP contribution in [0, 0.1) is 0 Å². The third kappa shape index (κ3) is 4.85. The van der Waals surface area contributed by atoms with E-state index in [9.17, 15) is 9.90 Å². The molecular formula is C9H19NO3. The predicted octanol–water partition coefficient (Wildman–Crippen LogP) is 0.297. The lowest BCUT2D eigenvalue weighted by atomic mass is 10.1. The summed E-state index contributed by atoms with van der Waals surface area (Å²) < 4.78 is 5.09. The highest BCUT2D eigenvalue weighted by molar-refractivity contribution is 5.76. The molecule has 4 nitrogen and oxygen atoms in total. The molecule has 0 saturated carbocycles. The highest BCUT2D eigenvalue weighted by Crippen LogP contribution is 2.09. The molecule has 78 valence electrons. The lowest BCUT2D eigenvalue weighted by molar-refractivity contribution is -0.160. The van der Waals surface area contributed by atoms with E-state index in [1.807, 2.05) is 0 Å². The van der Waals surface area contributed by atoms with Crippen LogP contribution in [0.2, 0.25) is 0 Å². The Labute approximate surface area is 79.3 Å². The first kappa shape index (κ1) is 12.4. The Kier molecular flexibility index (Phi) is 4.36. The van der Waals surface area contributed by atoms with E-state index in [1.165, 1.54) is 0 Å². The van der Waals surface area contributed by atoms with Crippen LogP contribution < -0.4 is 5.32 Å². The summed E-state index contributed by atoms with van der Waals surface area (Å²) in [7, 11) is 1.61. The van der Waals surface area contributed by atoms with Gasteiger partial charge in [-0.3, -0.25) is 4.79 Å². The minimum atomic E-state index is -0.750. The van der Waals surface area contributed by atoms with Gasteiger partial charge in [0.1, 0.15) is 11.6 Å². The number of carbonyl (C=O) groups excluding carboxylic acids is 1. The Balaban J connectivity index is 4.23. The summed E-state index contributed by atoms with van der Waals surface area (Å²) in [5.74, 6) is -0.426. The smallest absolute Gasteiger partial charge is 0.326 e. The van der Waals surface area contributed by atoms with Crippen LogP contribution in [0.5, 0.6) is 0 Å². The Morgan fingerprint density at radius 3 is 2.15 bits per heavy atom. The van der Waals surface area contributed by atoms with E-state index < -0.39 is 23.7 Å². The number of rotatable bonds is 3. The number of aliphatic hydroxyl groups is 1. The highest BCUT2D eigenvalue weighted by Gasteiger charge is 2.27. The minimum absolute atomic E-state index is 0.426. The summed E-state index contributed by atoms with van der Waals surface area (Å²) in [5, 5.41) is 11.9. The Bertz CT molecular complexity index is 172. The van der Waals surface area contributed by atoms with Crippen molar-refractivity contribution in [3.8, 4) is 0 Å². The van der Waals surface area contributed by atoms with E-state index in [2.05, 4.69) is 5.32 Å². The third-order valence-corrected chi connectivity index (χ3v) is 1.45. The summed E-state index contributed by atoms with van der Waals surface area (Å²) >= 11 is 0. The Hall–Kier alpha value is -0.610. The normalized spacial score (nSPS) is 16.5. The number of hydrogen-bond acceptors (Lipinski definition) is 4. The maximum Gasteiger partial charge on any atom is 0.326 e. The standard InChI is InChI=1S/C9H19NO3/c1-6(11)7(10-5)8(12)13-9(2,3)4/h6-7,10-11H,1-5H3. The number of aliphatic hydroxyl groups excluding tert-OH is 1. The molecule has 2 atom stereocenters. The third-order valence-electron chi connectivity index (χ3n) is 1.45. The molecule has 0 bridgehead atoms. The summed E-state index contributed by atoms with van der Waals surface area (Å²) in [6.07, 6.45) is -0.750. The van der Waals surface area contributed by atoms with Gasteiger partial charge >= 0.3 is 5.97 Å². The molecule has 0 radical (unpaired) electrons. The molecule has 0 rings (SSSR count). The van der Waals surface area contributed by atoms with E-state index >= 15 is 0 Å². The molecule has 0 fully saturated rings. The van der Waals surface area contributed by atoms with Gasteiger partial charge in [-0.25, -0.2) is 0 Å². The zero-order valence-corrected chi connectivity index (χ0v) is 8.92. The van der Waals surface area contributed by atoms with Gasteiger partial charge in [0.15, 0.2) is 0 Å². The molecule has 2 unspecified atom stereocenters. The Morgan fingerprint density at radius 1 is 1.46 bits per heavy atom. The molecular weight excluding hydrogens is 170 g/mol. The molecule has 0 aliphatic heterocycles. The van der Waals surface area contributed by atoms with Crippen molar-refractivity contribution in [3.63, 3.8) is 0 Å². The number of ether oxygens (including phenoxy) is 1. The average Bonchev–Trinajstić information content (AvgIpc) is 1.82. The molecule has 0 spiro atoms. The van der Waals surface area contributed by atoms with Gasteiger partial charge in [-0.05, 0) is 34.7 Å². The maximum absolute atomic E-state index is 11.4. The van der Waals surface area contributed by atoms with Gasteiger partial charge in [-0.2, -0.15) is 0 Å². The topological polar surface area (TPSA) is 58.6 Å². The van der Waals surface area contributed by atoms with Gasteiger partial charge < -0.3 is 15.2 Å². The number of nitrogens with one attached hydrogen (secondary N) is 1. The van der Waals surface area contributed by atoms with Gasteiger partial charge in [-0.1, -0.05) is 0 Å². The van der Waals surface area contributed by atoms with E-state index in [0.717, 1.165) is 0 Å². The van der Waals surface area contributed by atoms with Crippen molar-refractivity contribution < 1.29 is 14.6 Å². The van der Waals surface area contributed by atoms with E-state index in [-0.39, 0.29) is 0 Å². The number of hydrogen-bond donors (Lipinski definition) is 2. The fourth-order valence-electron chi connectivity index (χ4n) is 0.921. The second-order valence-electron chi connectivity index (χ2n) is 4.04. The largest absolute Gasteiger partial charge is 0.459 e. The second-order valence-corrected chi connectivity index (χ2v) is 4.04. The first-order valence-corrected chi connectivity index (χ1v) is 4.36. The molecule has 2 N–H and O–H groups in total. The van der Waals surface area contributed by atoms with Crippen LogP contribution in [-0.2, 0) is 9.53 Å². The van der Waals surface area contributed by atoms with Crippen LogP contribution in [0.1, 0.15) is 27.7 Å². The molecule has 4 heteroatoms. The van der Waals surface area contributed by atoms with Crippen molar-refractivity contribution >= 4 is 5.97 Å². The molecule has 13 heavy (non-hydrogen) atoms. The zero-order valence-electron chi connectivity index (χ0n) is 8.92. The highest BCUT2D eigenvalue weighted by atomic mass is 16.6. The van der Waals surface area contributed by atoms with Crippen LogP contribution in [0.4, 0.5) is 0 Å². The lowest BCUT2D eigenvalue weighted by Gasteiger charge is -2.24. The summed E-state index contributed by atoms with van der Waals surface area (Å²) in [5.41, 5.74) is -0.513. The monoisotopic (exact) mass is 189 g/mol. The van der Waals surface area contributed by atoms with Gasteiger partial charge in [-0.15, -0.1) is 0 Å². The van der Waals surface area contributed by atoms with Crippen molar-refractivity contribution in [2.24, 2.45) is 0 Å². The second kappa shape index (κ2) is 4.58. The fraction of sp³-hybridized carbons (Fsp3) is 0.889. The fourth-order valence-corrected chi connectivity index (χ4v) is 0.921. The molecule has 0 aliphatic carbocycles. The molecule has 0 aromatic carbocycles. The van der Waals surface area contributed by atoms with Crippen molar-refractivity contribution in [2.75, 3.05) is 7.05 Å². The molecule has 0 aliphatic rings. The summed E-state index contributed by atoms with van der Waals surface area (Å²) in [6, 6.07) is -0.653. The number of carbonyl (C=O) groups is 1. The first-order chi connectivity index (χ1) is 5.78. The summed E-state index contributed by atoms with van der Waals surface area (Å²) in [6.45, 7) is 6.92. The molecule has 0 saturated heterocycles. The molecule has 0 heterocycles. The van der Waals surface area contributed by atoms with E-state index in [4.69, 9.17) is 4.74 Å².